The molecule has 12 heteroatoms. The van der Waals surface area contributed by atoms with E-state index in [0.29, 0.717) is 33.5 Å². The number of aromatic nitrogens is 1. The van der Waals surface area contributed by atoms with Gasteiger partial charge in [-0.15, -0.1) is 0 Å². The van der Waals surface area contributed by atoms with Crippen molar-refractivity contribution in [2.24, 2.45) is 0 Å². The fraction of sp³-hybridized carbons (Fsp3) is 0.314. The number of aliphatic hydroxyl groups is 2. The van der Waals surface area contributed by atoms with Gasteiger partial charge in [-0.05, 0) is 86.2 Å². The average molecular weight is 669 g/mol. The molecule has 1 amide bonds. The van der Waals surface area contributed by atoms with Gasteiger partial charge in [-0.3, -0.25) is 9.59 Å². The van der Waals surface area contributed by atoms with Crippen molar-refractivity contribution in [1.82, 2.24) is 9.88 Å². The molecule has 0 aliphatic carbocycles. The second-order valence-electron chi connectivity index (χ2n) is 11.8. The maximum Gasteiger partial charge on any atom is 0.305 e. The van der Waals surface area contributed by atoms with Crippen LogP contribution in [0.1, 0.15) is 60.9 Å². The fourth-order valence-electron chi connectivity index (χ4n) is 5.64. The van der Waals surface area contributed by atoms with E-state index in [1.54, 1.807) is 36.4 Å². The van der Waals surface area contributed by atoms with E-state index >= 15 is 0 Å². The molecule has 0 fully saturated rings. The Labute approximate surface area is 272 Å². The van der Waals surface area contributed by atoms with Crippen LogP contribution in [0, 0.1) is 11.6 Å². The monoisotopic (exact) mass is 668 g/mol. The second-order valence-corrected chi connectivity index (χ2v) is 13.8. The van der Waals surface area contributed by atoms with Crippen molar-refractivity contribution in [3.8, 4) is 22.3 Å². The summed E-state index contributed by atoms with van der Waals surface area (Å²) in [5.41, 5.74) is 3.66. The predicted octanol–water partition coefficient (Wildman–Crippen LogP) is 5.53. The number of amides is 1. The number of sulfone groups is 1. The third-order valence-electron chi connectivity index (χ3n) is 7.78. The van der Waals surface area contributed by atoms with Gasteiger partial charge in [-0.25, -0.2) is 17.2 Å². The summed E-state index contributed by atoms with van der Waals surface area (Å²) < 4.78 is 53.8. The van der Waals surface area contributed by atoms with E-state index in [2.05, 4.69) is 5.32 Å². The first-order valence-electron chi connectivity index (χ1n) is 15.1. The Morgan fingerprint density at radius 2 is 1.36 bits per heavy atom. The Hall–Kier alpha value is -4.39. The molecule has 0 aliphatic heterocycles. The van der Waals surface area contributed by atoms with Crippen LogP contribution in [0.4, 0.5) is 8.78 Å². The molecular weight excluding hydrogens is 630 g/mol. The van der Waals surface area contributed by atoms with Crippen molar-refractivity contribution in [2.75, 3.05) is 6.26 Å². The quantitative estimate of drug-likeness (QED) is 0.138. The predicted molar refractivity (Wildman–Crippen MR) is 174 cm³/mol. The maximum atomic E-state index is 14.2. The van der Waals surface area contributed by atoms with E-state index < -0.39 is 52.0 Å². The SMILES string of the molecule is CC(C)n1c(CC[C@@H](O)C[C@@H](O)CC(=O)O)c(-c2ccc(F)cc2)c(-c2ccc(F)cc2)c1C(=O)NCc1ccc(S(C)(=O)=O)cc1. The topological polar surface area (TPSA) is 146 Å². The van der Waals surface area contributed by atoms with E-state index in [1.165, 1.54) is 36.4 Å². The normalized spacial score (nSPS) is 13.0. The van der Waals surface area contributed by atoms with Crippen LogP contribution in [0.25, 0.3) is 22.3 Å². The van der Waals surface area contributed by atoms with Gasteiger partial charge in [0, 0.05) is 35.7 Å². The van der Waals surface area contributed by atoms with Crippen LogP contribution in [0.5, 0.6) is 0 Å². The van der Waals surface area contributed by atoms with E-state index in [-0.39, 0.29) is 42.4 Å². The molecule has 4 N–H and O–H groups in total. The number of carbonyl (C=O) groups is 2. The van der Waals surface area contributed by atoms with E-state index in [1.807, 2.05) is 18.4 Å². The van der Waals surface area contributed by atoms with Crippen molar-refractivity contribution in [1.29, 1.82) is 0 Å². The molecule has 250 valence electrons. The Balaban J connectivity index is 1.84. The van der Waals surface area contributed by atoms with Crippen LogP contribution in [0.2, 0.25) is 0 Å². The molecular formula is C35H38F2N2O7S. The summed E-state index contributed by atoms with van der Waals surface area (Å²) in [5.74, 6) is -2.61. The molecule has 4 aromatic rings. The van der Waals surface area contributed by atoms with E-state index in [4.69, 9.17) is 5.11 Å². The highest BCUT2D eigenvalue weighted by atomic mass is 32.2. The summed E-state index contributed by atoms with van der Waals surface area (Å²) in [6.07, 6.45) is -1.60. The molecule has 3 aromatic carbocycles. The molecule has 1 aromatic heterocycles. The lowest BCUT2D eigenvalue weighted by atomic mass is 9.92. The van der Waals surface area contributed by atoms with Crippen molar-refractivity contribution in [2.45, 2.75) is 69.2 Å². The van der Waals surface area contributed by atoms with Crippen LogP contribution >= 0.6 is 0 Å². The second kappa shape index (κ2) is 15.0. The van der Waals surface area contributed by atoms with Crippen LogP contribution < -0.4 is 5.32 Å². The number of nitrogens with one attached hydrogen (secondary N) is 1. The maximum absolute atomic E-state index is 14.2. The molecule has 4 rings (SSSR count). The van der Waals surface area contributed by atoms with Gasteiger partial charge in [-0.1, -0.05) is 36.4 Å². The van der Waals surface area contributed by atoms with Gasteiger partial charge in [0.1, 0.15) is 17.3 Å². The minimum absolute atomic E-state index is 0.0659. The lowest BCUT2D eigenvalue weighted by molar-refractivity contribution is -0.139. The van der Waals surface area contributed by atoms with Gasteiger partial charge in [0.25, 0.3) is 5.91 Å². The molecule has 0 aliphatic rings. The molecule has 1 heterocycles. The number of carboxylic acids is 1. The zero-order valence-corrected chi connectivity index (χ0v) is 27.1. The number of rotatable bonds is 14. The highest BCUT2D eigenvalue weighted by Gasteiger charge is 2.30. The zero-order valence-electron chi connectivity index (χ0n) is 26.3. The van der Waals surface area contributed by atoms with Gasteiger partial charge < -0.3 is 25.2 Å². The summed E-state index contributed by atoms with van der Waals surface area (Å²) >= 11 is 0. The summed E-state index contributed by atoms with van der Waals surface area (Å²) in [6.45, 7) is 3.82. The van der Waals surface area contributed by atoms with Gasteiger partial charge in [-0.2, -0.15) is 0 Å². The number of hydrogen-bond acceptors (Lipinski definition) is 6. The average Bonchev–Trinajstić information content (AvgIpc) is 3.34. The summed E-state index contributed by atoms with van der Waals surface area (Å²) in [7, 11) is -3.40. The lowest BCUT2D eigenvalue weighted by Crippen LogP contribution is -2.27. The van der Waals surface area contributed by atoms with Gasteiger partial charge in [0.05, 0.1) is 23.5 Å². The van der Waals surface area contributed by atoms with Gasteiger partial charge in [0.15, 0.2) is 9.84 Å². The number of carbonyl (C=O) groups excluding carboxylic acids is 1. The molecule has 0 spiro atoms. The first kappa shape index (κ1) is 35.5. The Morgan fingerprint density at radius 1 is 0.830 bits per heavy atom. The summed E-state index contributed by atoms with van der Waals surface area (Å²) in [5, 5.41) is 32.8. The molecule has 0 unspecified atom stereocenters. The highest BCUT2D eigenvalue weighted by molar-refractivity contribution is 7.90. The first-order valence-corrected chi connectivity index (χ1v) is 17.0. The number of nitrogens with zero attached hydrogens (tertiary/aromatic N) is 1. The number of carboxylic acid groups (broad SMARTS) is 1. The van der Waals surface area contributed by atoms with E-state index in [0.717, 1.165) is 6.26 Å². The number of halogens is 2. The number of aliphatic hydroxyl groups excluding tert-OH is 2. The Morgan fingerprint density at radius 3 is 1.85 bits per heavy atom. The Bertz CT molecular complexity index is 1820. The number of aliphatic carboxylic acids is 1. The van der Waals surface area contributed by atoms with E-state index in [9.17, 15) is 37.0 Å². The number of hydrogen-bond donors (Lipinski definition) is 4. The van der Waals surface area contributed by atoms with Gasteiger partial charge >= 0.3 is 5.97 Å². The molecule has 2 atom stereocenters. The number of benzene rings is 3. The summed E-state index contributed by atoms with van der Waals surface area (Å²) in [4.78, 5) is 25.3. The smallest absolute Gasteiger partial charge is 0.305 e. The van der Waals surface area contributed by atoms with Crippen molar-refractivity contribution >= 4 is 21.7 Å². The van der Waals surface area contributed by atoms with Crippen LogP contribution in [0.15, 0.2) is 77.7 Å². The largest absolute Gasteiger partial charge is 0.481 e. The molecule has 9 nitrogen and oxygen atoms in total. The first-order chi connectivity index (χ1) is 22.1. The molecule has 0 saturated heterocycles. The van der Waals surface area contributed by atoms with Crippen molar-refractivity contribution < 1.29 is 42.1 Å². The molecule has 0 radical (unpaired) electrons. The Kier molecular flexibility index (Phi) is 11.3. The molecule has 0 bridgehead atoms. The minimum atomic E-state index is -3.40. The van der Waals surface area contributed by atoms with Crippen molar-refractivity contribution in [3.05, 3.63) is 101 Å². The summed E-state index contributed by atoms with van der Waals surface area (Å²) in [6, 6.07) is 17.2. The van der Waals surface area contributed by atoms with Crippen molar-refractivity contribution in [3.63, 3.8) is 0 Å². The van der Waals surface area contributed by atoms with Crippen LogP contribution in [-0.2, 0) is 27.6 Å². The van der Waals surface area contributed by atoms with Crippen LogP contribution in [0.3, 0.4) is 0 Å². The standard InChI is InChI=1S/C35H38F2N2O7S/c1-21(2)39-30(17-14-27(40)18-28(41)19-31(42)43)32(23-6-10-25(36)11-7-23)33(24-8-12-26(37)13-9-24)34(39)35(44)38-20-22-4-15-29(16-5-22)47(3,45)46/h4-13,15-16,21,27-28,40-41H,14,17-20H2,1-3H3,(H,38,44)(H,42,43)/t27-,28-/m1/s1. The van der Waals surface area contributed by atoms with Crippen LogP contribution in [-0.4, -0.2) is 58.6 Å². The highest BCUT2D eigenvalue weighted by Crippen LogP contribution is 2.42. The third kappa shape index (κ3) is 8.91. The van der Waals surface area contributed by atoms with Gasteiger partial charge in [0.2, 0.25) is 0 Å². The minimum Gasteiger partial charge on any atom is -0.481 e. The third-order valence-corrected chi connectivity index (χ3v) is 8.91. The fourth-order valence-corrected chi connectivity index (χ4v) is 6.27. The zero-order chi connectivity index (χ0) is 34.5. The molecule has 47 heavy (non-hydrogen) atoms. The molecule has 0 saturated carbocycles. The lowest BCUT2D eigenvalue weighted by Gasteiger charge is -2.20.